The smallest absolute Gasteiger partial charge is 0.0680 e. The molecule has 0 amide bonds. The molecule has 6 aromatic rings. The van der Waals surface area contributed by atoms with Gasteiger partial charge in [-0.25, -0.2) is 0 Å². The Morgan fingerprint density at radius 2 is 1.37 bits per heavy atom. The van der Waals surface area contributed by atoms with Crippen molar-refractivity contribution in [2.45, 2.75) is 6.54 Å². The lowest BCUT2D eigenvalue weighted by atomic mass is 10.1. The second-order valence-electron chi connectivity index (χ2n) is 7.63. The Balaban J connectivity index is 1.69. The number of rotatable bonds is 3. The molecule has 2 nitrogen and oxygen atoms in total. The van der Waals surface area contributed by atoms with E-state index < -0.39 is 0 Å². The topological polar surface area (TPSA) is 9.86 Å². The molecular weight excluding hydrogens is 388 g/mol. The van der Waals surface area contributed by atoms with Crippen molar-refractivity contribution in [2.24, 2.45) is 0 Å². The maximum Gasteiger partial charge on any atom is 0.0680 e. The van der Waals surface area contributed by atoms with Gasteiger partial charge < -0.3 is 9.13 Å². The molecule has 6 rings (SSSR count). The first kappa shape index (κ1) is 17.4. The fourth-order valence-corrected chi connectivity index (χ4v) is 4.89. The molecule has 0 saturated heterocycles. The van der Waals surface area contributed by atoms with Gasteiger partial charge in [-0.1, -0.05) is 78.3 Å². The molecular formula is C27H19ClN2. The summed E-state index contributed by atoms with van der Waals surface area (Å²) in [4.78, 5) is 0. The highest BCUT2D eigenvalue weighted by Gasteiger charge is 2.18. The highest BCUT2D eigenvalue weighted by atomic mass is 35.5. The first-order valence-corrected chi connectivity index (χ1v) is 10.5. The van der Waals surface area contributed by atoms with E-state index in [4.69, 9.17) is 11.6 Å². The number of fused-ring (bicyclic) bond motifs is 5. The van der Waals surface area contributed by atoms with Crippen molar-refractivity contribution < 1.29 is 0 Å². The van der Waals surface area contributed by atoms with Crippen LogP contribution in [0.3, 0.4) is 0 Å². The molecule has 0 aliphatic carbocycles. The van der Waals surface area contributed by atoms with E-state index in [-0.39, 0.29) is 0 Å². The quantitative estimate of drug-likeness (QED) is 0.289. The monoisotopic (exact) mass is 406 g/mol. The van der Waals surface area contributed by atoms with Crippen LogP contribution in [0.5, 0.6) is 0 Å². The minimum Gasteiger partial charge on any atom is -0.342 e. The van der Waals surface area contributed by atoms with Crippen LogP contribution in [0, 0.1) is 0 Å². The number of para-hydroxylation sites is 2. The number of hydrogen-bond acceptors (Lipinski definition) is 0. The maximum atomic E-state index is 6.90. The predicted molar refractivity (Wildman–Crippen MR) is 127 cm³/mol. The van der Waals surface area contributed by atoms with Gasteiger partial charge >= 0.3 is 0 Å². The van der Waals surface area contributed by atoms with E-state index in [2.05, 4.69) is 100 Å². The molecule has 3 heteroatoms. The fraction of sp³-hybridized carbons (Fsp3) is 0.0370. The summed E-state index contributed by atoms with van der Waals surface area (Å²) >= 11 is 6.90. The summed E-state index contributed by atoms with van der Waals surface area (Å²) < 4.78 is 4.56. The van der Waals surface area contributed by atoms with Gasteiger partial charge in [-0.05, 0) is 35.9 Å². The number of hydrogen-bond donors (Lipinski definition) is 0. The Morgan fingerprint density at radius 3 is 2.17 bits per heavy atom. The molecule has 0 unspecified atom stereocenters. The minimum absolute atomic E-state index is 0.776. The lowest BCUT2D eigenvalue weighted by Crippen LogP contribution is -1.98. The molecule has 0 saturated carbocycles. The Labute approximate surface area is 179 Å². The van der Waals surface area contributed by atoms with Crippen molar-refractivity contribution >= 4 is 44.3 Å². The Hall–Kier alpha value is -3.49. The van der Waals surface area contributed by atoms with E-state index in [9.17, 15) is 0 Å². The summed E-state index contributed by atoms with van der Waals surface area (Å²) in [5.74, 6) is 0. The van der Waals surface area contributed by atoms with E-state index >= 15 is 0 Å². The highest BCUT2D eigenvalue weighted by molar-refractivity contribution is 6.38. The van der Waals surface area contributed by atoms with Gasteiger partial charge in [-0.2, -0.15) is 0 Å². The first-order valence-electron chi connectivity index (χ1n) is 10.1. The molecule has 30 heavy (non-hydrogen) atoms. The van der Waals surface area contributed by atoms with Crippen LogP contribution < -0.4 is 0 Å². The zero-order valence-corrected chi connectivity index (χ0v) is 17.1. The zero-order valence-electron chi connectivity index (χ0n) is 16.3. The van der Waals surface area contributed by atoms with Crippen LogP contribution in [0.2, 0.25) is 5.02 Å². The maximum absolute atomic E-state index is 6.90. The van der Waals surface area contributed by atoms with Gasteiger partial charge in [0.1, 0.15) is 0 Å². The molecule has 0 radical (unpaired) electrons. The largest absolute Gasteiger partial charge is 0.342 e. The van der Waals surface area contributed by atoms with Gasteiger partial charge in [0, 0.05) is 34.6 Å². The van der Waals surface area contributed by atoms with E-state index in [0.717, 1.165) is 28.3 Å². The molecule has 0 aliphatic heterocycles. The summed E-state index contributed by atoms with van der Waals surface area (Å²) in [5, 5.41) is 4.47. The van der Waals surface area contributed by atoms with Crippen LogP contribution in [-0.2, 0) is 6.54 Å². The number of halogens is 1. The van der Waals surface area contributed by atoms with Gasteiger partial charge in [0.15, 0.2) is 0 Å². The van der Waals surface area contributed by atoms with E-state index in [0.29, 0.717) is 0 Å². The van der Waals surface area contributed by atoms with Gasteiger partial charge in [-0.15, -0.1) is 0 Å². The molecule has 2 heterocycles. The summed E-state index contributed by atoms with van der Waals surface area (Å²) in [6, 6.07) is 33.9. The zero-order chi connectivity index (χ0) is 20.1. The van der Waals surface area contributed by atoms with E-state index in [1.54, 1.807) is 0 Å². The number of nitrogens with zero attached hydrogens (tertiary/aromatic N) is 2. The van der Waals surface area contributed by atoms with Gasteiger partial charge in [-0.3, -0.25) is 0 Å². The molecule has 0 aliphatic rings. The lowest BCUT2D eigenvalue weighted by Gasteiger charge is -2.10. The third kappa shape index (κ3) is 2.58. The van der Waals surface area contributed by atoms with Crippen molar-refractivity contribution in [1.29, 1.82) is 0 Å². The normalized spacial score (nSPS) is 11.6. The third-order valence-corrected chi connectivity index (χ3v) is 6.13. The van der Waals surface area contributed by atoms with Gasteiger partial charge in [0.2, 0.25) is 0 Å². The summed E-state index contributed by atoms with van der Waals surface area (Å²) in [7, 11) is 0. The molecule has 0 N–H and O–H groups in total. The Morgan fingerprint density at radius 1 is 0.667 bits per heavy atom. The predicted octanol–water partition coefficient (Wildman–Crippen LogP) is 7.44. The van der Waals surface area contributed by atoms with Crippen LogP contribution in [-0.4, -0.2) is 9.13 Å². The Bertz CT molecular complexity index is 1510. The molecule has 4 aromatic carbocycles. The van der Waals surface area contributed by atoms with Crippen molar-refractivity contribution in [2.75, 3.05) is 0 Å². The van der Waals surface area contributed by atoms with Crippen LogP contribution in [0.1, 0.15) is 5.56 Å². The van der Waals surface area contributed by atoms with Crippen molar-refractivity contribution in [3.05, 3.63) is 114 Å². The fourth-order valence-electron chi connectivity index (χ4n) is 4.58. The standard InChI is InChI=1S/C27H19ClN2/c28-23-17-25-26(22-15-16-29(27(22)23)18-19-9-3-1-4-10-19)21-13-7-8-14-24(21)30(25)20-11-5-2-6-12-20/h1-17H,18H2. The molecule has 0 fully saturated rings. The number of aromatic nitrogens is 2. The molecule has 2 aromatic heterocycles. The Kier molecular flexibility index (Phi) is 3.93. The first-order chi connectivity index (χ1) is 14.8. The molecule has 144 valence electrons. The van der Waals surface area contributed by atoms with Crippen LogP contribution in [0.15, 0.2) is 103 Å². The summed E-state index contributed by atoms with van der Waals surface area (Å²) in [6.07, 6.45) is 2.15. The minimum atomic E-state index is 0.776. The van der Waals surface area contributed by atoms with Crippen LogP contribution in [0.25, 0.3) is 38.4 Å². The van der Waals surface area contributed by atoms with Crippen LogP contribution in [0.4, 0.5) is 0 Å². The average Bonchev–Trinajstić information content (AvgIpc) is 3.34. The SMILES string of the molecule is Clc1cc2c(c3ccn(Cc4ccccc4)c13)c1ccccc1n2-c1ccccc1. The van der Waals surface area contributed by atoms with Crippen molar-refractivity contribution in [3.8, 4) is 5.69 Å². The second kappa shape index (κ2) is 6.79. The third-order valence-electron chi connectivity index (χ3n) is 5.84. The second-order valence-corrected chi connectivity index (χ2v) is 8.04. The lowest BCUT2D eigenvalue weighted by molar-refractivity contribution is 0.837. The average molecular weight is 407 g/mol. The van der Waals surface area contributed by atoms with E-state index in [1.165, 1.54) is 27.2 Å². The number of benzene rings is 4. The van der Waals surface area contributed by atoms with Crippen LogP contribution >= 0.6 is 11.6 Å². The highest BCUT2D eigenvalue weighted by Crippen LogP contribution is 2.40. The van der Waals surface area contributed by atoms with Gasteiger partial charge in [0.05, 0.1) is 21.6 Å². The molecule has 0 bridgehead atoms. The summed E-state index contributed by atoms with van der Waals surface area (Å²) in [6.45, 7) is 0.799. The van der Waals surface area contributed by atoms with Gasteiger partial charge in [0.25, 0.3) is 0 Å². The van der Waals surface area contributed by atoms with Crippen molar-refractivity contribution in [3.63, 3.8) is 0 Å². The van der Waals surface area contributed by atoms with E-state index in [1.807, 2.05) is 12.1 Å². The summed E-state index contributed by atoms with van der Waals surface area (Å²) in [5.41, 5.74) is 5.82. The molecule has 0 atom stereocenters. The molecule has 0 spiro atoms. The van der Waals surface area contributed by atoms with Crippen molar-refractivity contribution in [1.82, 2.24) is 9.13 Å².